The van der Waals surface area contributed by atoms with Crippen LogP contribution in [0, 0.1) is 10.1 Å². The van der Waals surface area contributed by atoms with Gasteiger partial charge in [-0.3, -0.25) is 20.2 Å². The van der Waals surface area contributed by atoms with Crippen molar-refractivity contribution in [3.63, 3.8) is 0 Å². The number of amides is 1. The predicted molar refractivity (Wildman–Crippen MR) is 77.5 cm³/mol. The summed E-state index contributed by atoms with van der Waals surface area (Å²) in [5, 5.41) is 14.0. The predicted octanol–water partition coefficient (Wildman–Crippen LogP) is 2.36. The SMILES string of the molecule is CC1NC(c2ccc([N+](=O)[O-])cc2)N(C2CCCC2)C1=O. The molecule has 6 heteroatoms. The summed E-state index contributed by atoms with van der Waals surface area (Å²) in [5.74, 6) is 0.130. The normalized spacial score (nSPS) is 26.5. The van der Waals surface area contributed by atoms with Crippen LogP contribution in [-0.2, 0) is 4.79 Å². The van der Waals surface area contributed by atoms with E-state index in [1.165, 1.54) is 12.1 Å². The van der Waals surface area contributed by atoms with E-state index in [0.717, 1.165) is 31.2 Å². The number of hydrogen-bond acceptors (Lipinski definition) is 4. The molecule has 1 saturated heterocycles. The molecule has 3 rings (SSSR count). The second kappa shape index (κ2) is 5.44. The number of nitro groups is 1. The molecule has 1 N–H and O–H groups in total. The van der Waals surface area contributed by atoms with Crippen molar-refractivity contribution >= 4 is 11.6 Å². The van der Waals surface area contributed by atoms with E-state index in [1.807, 2.05) is 11.8 Å². The molecule has 1 saturated carbocycles. The van der Waals surface area contributed by atoms with Crippen LogP contribution >= 0.6 is 0 Å². The molecule has 0 bridgehead atoms. The van der Waals surface area contributed by atoms with Crippen molar-refractivity contribution in [2.45, 2.75) is 50.9 Å². The van der Waals surface area contributed by atoms with Crippen LogP contribution in [0.5, 0.6) is 0 Å². The first-order valence-electron chi connectivity index (χ1n) is 7.40. The molecular formula is C15H19N3O3. The number of rotatable bonds is 3. The maximum Gasteiger partial charge on any atom is 0.269 e. The molecular weight excluding hydrogens is 270 g/mol. The molecule has 2 fully saturated rings. The summed E-state index contributed by atoms with van der Waals surface area (Å²) in [4.78, 5) is 24.7. The Balaban J connectivity index is 1.87. The third-order valence-electron chi connectivity index (χ3n) is 4.45. The fraction of sp³-hybridized carbons (Fsp3) is 0.533. The summed E-state index contributed by atoms with van der Waals surface area (Å²) in [6.07, 6.45) is 4.25. The van der Waals surface area contributed by atoms with E-state index in [0.29, 0.717) is 0 Å². The number of nitrogens with one attached hydrogen (secondary N) is 1. The van der Waals surface area contributed by atoms with Crippen molar-refractivity contribution in [1.29, 1.82) is 0 Å². The van der Waals surface area contributed by atoms with E-state index >= 15 is 0 Å². The Morgan fingerprint density at radius 1 is 1.24 bits per heavy atom. The first-order chi connectivity index (χ1) is 10.1. The highest BCUT2D eigenvalue weighted by Gasteiger charge is 2.41. The molecule has 6 nitrogen and oxygen atoms in total. The molecule has 2 aliphatic rings. The van der Waals surface area contributed by atoms with Gasteiger partial charge in [0.15, 0.2) is 0 Å². The van der Waals surface area contributed by atoms with E-state index < -0.39 is 4.92 Å². The van der Waals surface area contributed by atoms with Gasteiger partial charge in [-0.2, -0.15) is 0 Å². The standard InChI is InChI=1S/C15H19N3O3/c1-10-15(19)17(12-4-2-3-5-12)14(16-10)11-6-8-13(9-7-11)18(20)21/h6-10,12,14,16H,2-5H2,1H3. The molecule has 2 unspecified atom stereocenters. The number of benzene rings is 1. The Kier molecular flexibility index (Phi) is 3.63. The fourth-order valence-electron chi connectivity index (χ4n) is 3.35. The van der Waals surface area contributed by atoms with Gasteiger partial charge in [0.25, 0.3) is 5.69 Å². The lowest BCUT2D eigenvalue weighted by Crippen LogP contribution is -2.38. The highest BCUT2D eigenvalue weighted by molar-refractivity contribution is 5.84. The van der Waals surface area contributed by atoms with Crippen LogP contribution in [0.4, 0.5) is 5.69 Å². The molecule has 1 aromatic rings. The average Bonchev–Trinajstić information content (AvgIpc) is 3.08. The van der Waals surface area contributed by atoms with Gasteiger partial charge in [0, 0.05) is 18.2 Å². The van der Waals surface area contributed by atoms with Gasteiger partial charge in [-0.1, -0.05) is 12.8 Å². The summed E-state index contributed by atoms with van der Waals surface area (Å²) in [5.41, 5.74) is 0.980. The first-order valence-corrected chi connectivity index (χ1v) is 7.40. The zero-order valence-electron chi connectivity index (χ0n) is 12.0. The highest BCUT2D eigenvalue weighted by Crippen LogP contribution is 2.34. The number of nitrogens with zero attached hydrogens (tertiary/aromatic N) is 2. The monoisotopic (exact) mass is 289 g/mol. The zero-order valence-corrected chi connectivity index (χ0v) is 12.0. The minimum atomic E-state index is -0.408. The molecule has 1 aromatic carbocycles. The minimum Gasteiger partial charge on any atom is -0.319 e. The second-order valence-corrected chi connectivity index (χ2v) is 5.82. The van der Waals surface area contributed by atoms with Crippen LogP contribution < -0.4 is 5.32 Å². The van der Waals surface area contributed by atoms with Crippen molar-refractivity contribution in [3.8, 4) is 0 Å². The summed E-state index contributed by atoms with van der Waals surface area (Å²) in [6, 6.07) is 6.56. The van der Waals surface area contributed by atoms with E-state index in [-0.39, 0.29) is 29.8 Å². The number of carbonyl (C=O) groups is 1. The quantitative estimate of drug-likeness (QED) is 0.684. The number of hydrogen-bond donors (Lipinski definition) is 1. The second-order valence-electron chi connectivity index (χ2n) is 5.82. The summed E-state index contributed by atoms with van der Waals surface area (Å²) in [6.45, 7) is 1.87. The van der Waals surface area contributed by atoms with Crippen LogP contribution in [0.3, 0.4) is 0 Å². The molecule has 1 aliphatic heterocycles. The van der Waals surface area contributed by atoms with Gasteiger partial charge in [-0.05, 0) is 37.5 Å². The lowest BCUT2D eigenvalue weighted by molar-refractivity contribution is -0.384. The fourth-order valence-corrected chi connectivity index (χ4v) is 3.35. The third kappa shape index (κ3) is 2.51. The molecule has 1 amide bonds. The van der Waals surface area contributed by atoms with Crippen molar-refractivity contribution in [1.82, 2.24) is 10.2 Å². The zero-order chi connectivity index (χ0) is 15.0. The van der Waals surface area contributed by atoms with E-state index in [1.54, 1.807) is 12.1 Å². The molecule has 2 atom stereocenters. The molecule has 0 radical (unpaired) electrons. The van der Waals surface area contributed by atoms with Gasteiger partial charge in [-0.25, -0.2) is 0 Å². The molecule has 1 aliphatic carbocycles. The van der Waals surface area contributed by atoms with Gasteiger partial charge < -0.3 is 4.90 Å². The maximum atomic E-state index is 12.4. The smallest absolute Gasteiger partial charge is 0.269 e. The maximum absolute atomic E-state index is 12.4. The van der Waals surface area contributed by atoms with Crippen molar-refractivity contribution < 1.29 is 9.72 Å². The molecule has 21 heavy (non-hydrogen) atoms. The topological polar surface area (TPSA) is 75.5 Å². The van der Waals surface area contributed by atoms with Crippen LogP contribution in [0.15, 0.2) is 24.3 Å². The van der Waals surface area contributed by atoms with Gasteiger partial charge in [0.05, 0.1) is 11.0 Å². The van der Waals surface area contributed by atoms with Crippen LogP contribution in [-0.4, -0.2) is 27.8 Å². The van der Waals surface area contributed by atoms with Gasteiger partial charge in [-0.15, -0.1) is 0 Å². The van der Waals surface area contributed by atoms with Crippen molar-refractivity contribution in [2.75, 3.05) is 0 Å². The van der Waals surface area contributed by atoms with Crippen LogP contribution in [0.25, 0.3) is 0 Å². The average molecular weight is 289 g/mol. The Bertz CT molecular complexity index is 552. The van der Waals surface area contributed by atoms with Gasteiger partial charge >= 0.3 is 0 Å². The Morgan fingerprint density at radius 2 is 1.86 bits per heavy atom. The van der Waals surface area contributed by atoms with Gasteiger partial charge in [0.2, 0.25) is 5.91 Å². The molecule has 1 heterocycles. The Morgan fingerprint density at radius 3 is 2.43 bits per heavy atom. The van der Waals surface area contributed by atoms with Gasteiger partial charge in [0.1, 0.15) is 6.17 Å². The van der Waals surface area contributed by atoms with E-state index in [9.17, 15) is 14.9 Å². The van der Waals surface area contributed by atoms with Crippen LogP contribution in [0.1, 0.15) is 44.3 Å². The van der Waals surface area contributed by atoms with Crippen molar-refractivity contribution in [2.24, 2.45) is 0 Å². The van der Waals surface area contributed by atoms with Crippen LogP contribution in [0.2, 0.25) is 0 Å². The third-order valence-corrected chi connectivity index (χ3v) is 4.45. The Hall–Kier alpha value is -1.95. The minimum absolute atomic E-state index is 0.0727. The number of carbonyl (C=O) groups excluding carboxylic acids is 1. The molecule has 0 aromatic heterocycles. The number of nitro benzene ring substituents is 1. The molecule has 0 spiro atoms. The Labute approximate surface area is 123 Å². The highest BCUT2D eigenvalue weighted by atomic mass is 16.6. The largest absolute Gasteiger partial charge is 0.319 e. The lowest BCUT2D eigenvalue weighted by atomic mass is 10.1. The number of non-ortho nitro benzene ring substituents is 1. The summed E-state index contributed by atoms with van der Waals surface area (Å²) < 4.78 is 0. The van der Waals surface area contributed by atoms with E-state index in [2.05, 4.69) is 5.32 Å². The summed E-state index contributed by atoms with van der Waals surface area (Å²) in [7, 11) is 0. The summed E-state index contributed by atoms with van der Waals surface area (Å²) >= 11 is 0. The van der Waals surface area contributed by atoms with Crippen molar-refractivity contribution in [3.05, 3.63) is 39.9 Å². The lowest BCUT2D eigenvalue weighted by Gasteiger charge is -2.30. The van der Waals surface area contributed by atoms with E-state index in [4.69, 9.17) is 0 Å². The molecule has 112 valence electrons. The first kappa shape index (κ1) is 14.0.